The van der Waals surface area contributed by atoms with Gasteiger partial charge in [0.1, 0.15) is 5.75 Å². The van der Waals surface area contributed by atoms with Crippen LogP contribution < -0.4 is 0 Å². The molecule has 0 atom stereocenters. The largest absolute Gasteiger partial charge is 0.508 e. The molecule has 0 unspecified atom stereocenters. The Bertz CT molecular complexity index is 313. The first-order valence-corrected chi connectivity index (χ1v) is 4.45. The maximum atomic E-state index is 11.3. The van der Waals surface area contributed by atoms with Crippen LogP contribution in [0.1, 0.15) is 10.4 Å². The Kier molecular flexibility index (Phi) is 3.06. The highest BCUT2D eigenvalue weighted by molar-refractivity contribution is 6.77. The summed E-state index contributed by atoms with van der Waals surface area (Å²) in [5, 5.41) is 8.93. The van der Waals surface area contributed by atoms with E-state index in [9.17, 15) is 4.79 Å². The lowest BCUT2D eigenvalue weighted by Gasteiger charge is -2.08. The molecule has 0 bridgehead atoms. The number of aromatic hydroxyl groups is 1. The van der Waals surface area contributed by atoms with E-state index in [4.69, 9.17) is 39.9 Å². The summed E-state index contributed by atoms with van der Waals surface area (Å²) in [5.41, 5.74) is 0.248. The summed E-state index contributed by atoms with van der Waals surface area (Å²) >= 11 is 16.1. The third-order valence-corrected chi connectivity index (χ3v) is 1.90. The van der Waals surface area contributed by atoms with Crippen molar-refractivity contribution in [3.05, 3.63) is 29.8 Å². The van der Waals surface area contributed by atoms with Crippen molar-refractivity contribution in [2.75, 3.05) is 0 Å². The predicted molar refractivity (Wildman–Crippen MR) is 52.7 cm³/mol. The number of hydrogen-bond donors (Lipinski definition) is 1. The number of benzene rings is 1. The predicted octanol–water partition coefficient (Wildman–Crippen LogP) is 2.95. The van der Waals surface area contributed by atoms with Crippen molar-refractivity contribution in [3.8, 4) is 5.75 Å². The molecule has 0 aliphatic rings. The molecule has 0 aromatic heterocycles. The molecule has 0 amide bonds. The Balaban J connectivity index is 2.97. The van der Waals surface area contributed by atoms with Gasteiger partial charge in [0.2, 0.25) is 5.78 Å². The molecule has 0 aliphatic carbocycles. The Morgan fingerprint density at radius 2 is 1.62 bits per heavy atom. The van der Waals surface area contributed by atoms with Crippen molar-refractivity contribution in [2.45, 2.75) is 3.79 Å². The summed E-state index contributed by atoms with van der Waals surface area (Å²) in [4.78, 5) is 11.3. The number of Topliss-reactive ketones (excluding diaryl/α,β-unsaturated/α-hetero) is 1. The van der Waals surface area contributed by atoms with Gasteiger partial charge in [0.25, 0.3) is 3.79 Å². The van der Waals surface area contributed by atoms with Crippen LogP contribution in [0.3, 0.4) is 0 Å². The van der Waals surface area contributed by atoms with Crippen LogP contribution in [0.2, 0.25) is 0 Å². The lowest BCUT2D eigenvalue weighted by molar-refractivity contribution is 0.0996. The van der Waals surface area contributed by atoms with Crippen molar-refractivity contribution in [2.24, 2.45) is 0 Å². The van der Waals surface area contributed by atoms with Gasteiger partial charge >= 0.3 is 0 Å². The molecule has 13 heavy (non-hydrogen) atoms. The third-order valence-electron chi connectivity index (χ3n) is 1.39. The minimum Gasteiger partial charge on any atom is -0.508 e. The van der Waals surface area contributed by atoms with E-state index in [1.165, 1.54) is 24.3 Å². The van der Waals surface area contributed by atoms with Gasteiger partial charge in [-0.1, -0.05) is 34.8 Å². The number of carbonyl (C=O) groups excluding carboxylic acids is 1. The summed E-state index contributed by atoms with van der Waals surface area (Å²) in [6.07, 6.45) is 0. The number of alkyl halides is 3. The van der Waals surface area contributed by atoms with Gasteiger partial charge in [-0.3, -0.25) is 4.79 Å². The van der Waals surface area contributed by atoms with Crippen LogP contribution in [-0.2, 0) is 0 Å². The first kappa shape index (κ1) is 10.6. The fourth-order valence-corrected chi connectivity index (χ4v) is 1.10. The van der Waals surface area contributed by atoms with E-state index in [2.05, 4.69) is 0 Å². The van der Waals surface area contributed by atoms with Gasteiger partial charge in [-0.05, 0) is 24.3 Å². The summed E-state index contributed by atoms with van der Waals surface area (Å²) in [6, 6.07) is 5.48. The highest BCUT2D eigenvalue weighted by Gasteiger charge is 2.31. The molecule has 2 nitrogen and oxygen atoms in total. The van der Waals surface area contributed by atoms with E-state index >= 15 is 0 Å². The van der Waals surface area contributed by atoms with E-state index < -0.39 is 9.58 Å². The Labute approximate surface area is 90.0 Å². The molecular weight excluding hydrogens is 234 g/mol. The van der Waals surface area contributed by atoms with Gasteiger partial charge in [0.15, 0.2) is 0 Å². The second kappa shape index (κ2) is 3.74. The summed E-state index contributed by atoms with van der Waals surface area (Å²) in [5.74, 6) is -0.557. The van der Waals surface area contributed by atoms with Crippen LogP contribution in [0.25, 0.3) is 0 Å². The van der Waals surface area contributed by atoms with Crippen LogP contribution in [0.4, 0.5) is 0 Å². The maximum absolute atomic E-state index is 11.3. The first-order chi connectivity index (χ1) is 5.91. The first-order valence-electron chi connectivity index (χ1n) is 3.32. The second-order valence-corrected chi connectivity index (χ2v) is 4.65. The maximum Gasteiger partial charge on any atom is 0.253 e. The van der Waals surface area contributed by atoms with Crippen LogP contribution in [0.15, 0.2) is 24.3 Å². The second-order valence-electron chi connectivity index (χ2n) is 2.37. The van der Waals surface area contributed by atoms with Gasteiger partial charge in [-0.15, -0.1) is 0 Å². The molecule has 1 N–H and O–H groups in total. The lowest BCUT2D eigenvalue weighted by Crippen LogP contribution is -2.18. The monoisotopic (exact) mass is 238 g/mol. The SMILES string of the molecule is O=C(c1ccc(O)cc1)C(Cl)(Cl)Cl. The minimum absolute atomic E-state index is 0.0564. The van der Waals surface area contributed by atoms with Crippen molar-refractivity contribution >= 4 is 40.6 Å². The smallest absolute Gasteiger partial charge is 0.253 e. The molecule has 0 saturated carbocycles. The number of hydrogen-bond acceptors (Lipinski definition) is 2. The fourth-order valence-electron chi connectivity index (χ4n) is 0.776. The lowest BCUT2D eigenvalue weighted by atomic mass is 10.1. The zero-order chi connectivity index (χ0) is 10.1. The van der Waals surface area contributed by atoms with Gasteiger partial charge < -0.3 is 5.11 Å². The highest BCUT2D eigenvalue weighted by Crippen LogP contribution is 2.30. The molecule has 0 aliphatic heterocycles. The zero-order valence-corrected chi connectivity index (χ0v) is 8.57. The van der Waals surface area contributed by atoms with E-state index in [1.807, 2.05) is 0 Å². The van der Waals surface area contributed by atoms with Gasteiger partial charge in [-0.2, -0.15) is 0 Å². The van der Waals surface area contributed by atoms with Crippen LogP contribution in [-0.4, -0.2) is 14.7 Å². The Morgan fingerprint density at radius 1 is 1.15 bits per heavy atom. The summed E-state index contributed by atoms with van der Waals surface area (Å²) in [7, 11) is 0. The molecule has 1 rings (SSSR count). The molecule has 5 heteroatoms. The zero-order valence-electron chi connectivity index (χ0n) is 6.30. The molecule has 1 aromatic rings. The van der Waals surface area contributed by atoms with Crippen molar-refractivity contribution < 1.29 is 9.90 Å². The molecule has 0 saturated heterocycles. The molecule has 70 valence electrons. The van der Waals surface area contributed by atoms with E-state index in [0.717, 1.165) is 0 Å². The number of phenols is 1. The van der Waals surface area contributed by atoms with Gasteiger partial charge in [0.05, 0.1) is 0 Å². The Hall–Kier alpha value is -0.440. The molecule has 0 spiro atoms. The average molecular weight is 239 g/mol. The fraction of sp³-hybridized carbons (Fsp3) is 0.125. The quantitative estimate of drug-likeness (QED) is 0.604. The van der Waals surface area contributed by atoms with Crippen molar-refractivity contribution in [1.82, 2.24) is 0 Å². The molecule has 0 radical (unpaired) electrons. The van der Waals surface area contributed by atoms with Crippen LogP contribution >= 0.6 is 34.8 Å². The molecule has 1 aromatic carbocycles. The number of phenolic OH excluding ortho intramolecular Hbond substituents is 1. The van der Waals surface area contributed by atoms with E-state index in [-0.39, 0.29) is 11.3 Å². The van der Waals surface area contributed by atoms with Gasteiger partial charge in [0, 0.05) is 5.56 Å². The Morgan fingerprint density at radius 3 is 2.00 bits per heavy atom. The normalized spacial score (nSPS) is 11.3. The molecule has 0 fully saturated rings. The molecular formula is C8H5Cl3O2. The topological polar surface area (TPSA) is 37.3 Å². The highest BCUT2D eigenvalue weighted by atomic mass is 35.6. The van der Waals surface area contributed by atoms with Crippen LogP contribution in [0.5, 0.6) is 5.75 Å². The standard InChI is InChI=1S/C8H5Cl3O2/c9-8(10,11)7(13)5-1-3-6(12)4-2-5/h1-4,12H. The number of ketones is 1. The summed E-state index contributed by atoms with van der Waals surface area (Å²) < 4.78 is -1.95. The van der Waals surface area contributed by atoms with E-state index in [1.54, 1.807) is 0 Å². The molecule has 0 heterocycles. The van der Waals surface area contributed by atoms with Crippen molar-refractivity contribution in [3.63, 3.8) is 0 Å². The third kappa shape index (κ3) is 2.76. The average Bonchev–Trinajstić information content (AvgIpc) is 2.03. The number of halogens is 3. The number of rotatable bonds is 1. The van der Waals surface area contributed by atoms with Crippen molar-refractivity contribution in [1.29, 1.82) is 0 Å². The summed E-state index contributed by atoms with van der Waals surface area (Å²) in [6.45, 7) is 0. The van der Waals surface area contributed by atoms with Crippen LogP contribution in [0, 0.1) is 0 Å². The van der Waals surface area contributed by atoms with E-state index in [0.29, 0.717) is 0 Å². The number of carbonyl (C=O) groups is 1. The minimum atomic E-state index is -1.95. The van der Waals surface area contributed by atoms with Gasteiger partial charge in [-0.25, -0.2) is 0 Å².